The van der Waals surface area contributed by atoms with Crippen LogP contribution in [-0.4, -0.2) is 25.2 Å². The summed E-state index contributed by atoms with van der Waals surface area (Å²) >= 11 is 0. The van der Waals surface area contributed by atoms with Gasteiger partial charge in [-0.1, -0.05) is 54.5 Å². The second kappa shape index (κ2) is 13.9. The summed E-state index contributed by atoms with van der Waals surface area (Å²) in [6, 6.07) is 5.13. The molecule has 0 bridgehead atoms. The van der Waals surface area contributed by atoms with E-state index in [9.17, 15) is 13.2 Å². The second-order valence-corrected chi connectivity index (χ2v) is 7.12. The number of hydrogen-bond acceptors (Lipinski definition) is 3. The number of benzene rings is 1. The zero-order valence-corrected chi connectivity index (χ0v) is 17.7. The molecule has 0 radical (unpaired) electrons. The Morgan fingerprint density at radius 2 is 1.68 bits per heavy atom. The number of fused-ring (bicyclic) bond motifs is 1. The predicted octanol–water partition coefficient (Wildman–Crippen LogP) is 5.45. The topological polar surface area (TPSA) is 71.4 Å². The fourth-order valence-corrected chi connectivity index (χ4v) is 4.06. The van der Waals surface area contributed by atoms with Crippen LogP contribution in [0.3, 0.4) is 0 Å². The lowest BCUT2D eigenvalue weighted by atomic mass is 9.98. The molecule has 0 amide bonds. The molecule has 25 heavy (non-hydrogen) atoms. The fraction of sp³-hybridized carbons (Fsp3) is 0.650. The summed E-state index contributed by atoms with van der Waals surface area (Å²) in [5, 5.41) is 8.86. The number of carboxylic acid groups (broad SMARTS) is 1. The molecule has 4 nitrogen and oxygen atoms in total. The zero-order valence-electron chi connectivity index (χ0n) is 16.9. The minimum Gasteiger partial charge on any atom is -0.481 e. The normalized spacial score (nSPS) is 14.6. The molecule has 0 fully saturated rings. The van der Waals surface area contributed by atoms with E-state index in [0.29, 0.717) is 11.3 Å². The van der Waals surface area contributed by atoms with Crippen LogP contribution in [0.4, 0.5) is 0 Å². The van der Waals surface area contributed by atoms with E-state index in [-0.39, 0.29) is 18.1 Å². The lowest BCUT2D eigenvalue weighted by Gasteiger charge is -2.10. The third-order valence-corrected chi connectivity index (χ3v) is 5.49. The maximum Gasteiger partial charge on any atom is 0.303 e. The molecule has 146 valence electrons. The Labute approximate surface area is 154 Å². The van der Waals surface area contributed by atoms with Crippen LogP contribution >= 0.6 is 0 Å². The molecule has 0 spiro atoms. The molecule has 0 heterocycles. The molecule has 1 atom stereocenters. The average molecular weight is 373 g/mol. The van der Waals surface area contributed by atoms with Crippen molar-refractivity contribution in [2.45, 2.75) is 85.0 Å². The van der Waals surface area contributed by atoms with Crippen LogP contribution in [0.15, 0.2) is 23.1 Å². The van der Waals surface area contributed by atoms with Gasteiger partial charge in [0.25, 0.3) is 0 Å². The van der Waals surface area contributed by atoms with Crippen LogP contribution < -0.4 is 0 Å². The molecule has 0 saturated heterocycles. The van der Waals surface area contributed by atoms with Gasteiger partial charge in [0, 0.05) is 0 Å². The molecule has 1 aliphatic carbocycles. The molecule has 5 heteroatoms. The highest BCUT2D eigenvalue weighted by Crippen LogP contribution is 2.36. The van der Waals surface area contributed by atoms with E-state index in [2.05, 4.69) is 0 Å². The molecule has 1 N–H and O–H groups in total. The lowest BCUT2D eigenvalue weighted by Crippen LogP contribution is -2.07. The van der Waals surface area contributed by atoms with Gasteiger partial charge in [0.2, 0.25) is 0 Å². The van der Waals surface area contributed by atoms with Crippen LogP contribution in [-0.2, 0) is 21.1 Å². The number of hydrogen-bond donors (Lipinski definition) is 1. The van der Waals surface area contributed by atoms with Gasteiger partial charge in [-0.05, 0) is 48.4 Å². The standard InChI is InChI=1S/C14H18O4S.3C2H6/c1-2-7-19(17,18)12-5-6-13-10(8-12)3-4-11(13)9-14(15)16;3*1-2/h5-6,8,11H,2-4,7,9H2,1H3,(H,15,16);3*1-2H3. The van der Waals surface area contributed by atoms with Gasteiger partial charge in [-0.15, -0.1) is 0 Å². The lowest BCUT2D eigenvalue weighted by molar-refractivity contribution is -0.137. The number of sulfone groups is 1. The van der Waals surface area contributed by atoms with Crippen molar-refractivity contribution in [1.29, 1.82) is 0 Å². The van der Waals surface area contributed by atoms with E-state index in [4.69, 9.17) is 5.11 Å². The van der Waals surface area contributed by atoms with Gasteiger partial charge in [-0.2, -0.15) is 0 Å². The van der Waals surface area contributed by atoms with Crippen LogP contribution in [0.25, 0.3) is 0 Å². The van der Waals surface area contributed by atoms with Crippen LogP contribution in [0.5, 0.6) is 0 Å². The molecule has 0 saturated carbocycles. The monoisotopic (exact) mass is 372 g/mol. The second-order valence-electron chi connectivity index (χ2n) is 5.01. The predicted molar refractivity (Wildman–Crippen MR) is 106 cm³/mol. The highest BCUT2D eigenvalue weighted by Gasteiger charge is 2.26. The maximum absolute atomic E-state index is 12.0. The quantitative estimate of drug-likeness (QED) is 0.745. The van der Waals surface area contributed by atoms with E-state index >= 15 is 0 Å². The minimum absolute atomic E-state index is 0.0235. The molecule has 2 rings (SSSR count). The number of rotatable bonds is 5. The van der Waals surface area contributed by atoms with Gasteiger partial charge < -0.3 is 5.11 Å². The first kappa shape index (κ1) is 25.9. The molecular weight excluding hydrogens is 336 g/mol. The summed E-state index contributed by atoms with van der Waals surface area (Å²) in [5.41, 5.74) is 1.99. The summed E-state index contributed by atoms with van der Waals surface area (Å²) in [5.74, 6) is -0.624. The Morgan fingerprint density at radius 3 is 2.16 bits per heavy atom. The highest BCUT2D eigenvalue weighted by molar-refractivity contribution is 7.91. The van der Waals surface area contributed by atoms with Crippen molar-refractivity contribution in [3.8, 4) is 0 Å². The summed E-state index contributed by atoms with van der Waals surface area (Å²) in [6.07, 6.45) is 2.27. The summed E-state index contributed by atoms with van der Waals surface area (Å²) in [7, 11) is -3.19. The van der Waals surface area contributed by atoms with Crippen LogP contribution in [0.1, 0.15) is 84.8 Å². The van der Waals surface area contributed by atoms with Crippen molar-refractivity contribution in [1.82, 2.24) is 0 Å². The third-order valence-electron chi connectivity index (χ3n) is 3.57. The van der Waals surface area contributed by atoms with Gasteiger partial charge in [-0.3, -0.25) is 4.79 Å². The molecule has 1 aliphatic rings. The first-order chi connectivity index (χ1) is 11.9. The number of carboxylic acids is 1. The van der Waals surface area contributed by atoms with Crippen LogP contribution in [0.2, 0.25) is 0 Å². The maximum atomic E-state index is 12.0. The van der Waals surface area contributed by atoms with Crippen molar-refractivity contribution in [2.24, 2.45) is 0 Å². The van der Waals surface area contributed by atoms with E-state index < -0.39 is 15.8 Å². The molecule has 1 aromatic carbocycles. The van der Waals surface area contributed by atoms with Crippen LogP contribution in [0, 0.1) is 0 Å². The van der Waals surface area contributed by atoms with Gasteiger partial charge in [0.15, 0.2) is 9.84 Å². The summed E-state index contributed by atoms with van der Waals surface area (Å²) in [6.45, 7) is 13.8. The molecule has 0 aliphatic heterocycles. The van der Waals surface area contributed by atoms with Crippen molar-refractivity contribution in [2.75, 3.05) is 5.75 Å². The van der Waals surface area contributed by atoms with Gasteiger partial charge in [0.05, 0.1) is 17.1 Å². The first-order valence-corrected chi connectivity index (χ1v) is 11.2. The fourth-order valence-electron chi connectivity index (χ4n) is 2.68. The zero-order chi connectivity index (χ0) is 20.0. The van der Waals surface area contributed by atoms with E-state index in [0.717, 1.165) is 24.0 Å². The Morgan fingerprint density at radius 1 is 1.12 bits per heavy atom. The van der Waals surface area contributed by atoms with Crippen molar-refractivity contribution < 1.29 is 18.3 Å². The van der Waals surface area contributed by atoms with Crippen molar-refractivity contribution in [3.05, 3.63) is 29.3 Å². The number of aryl methyl sites for hydroxylation is 1. The third kappa shape index (κ3) is 8.04. The Hall–Kier alpha value is -1.36. The van der Waals surface area contributed by atoms with Gasteiger partial charge in [-0.25, -0.2) is 8.42 Å². The summed E-state index contributed by atoms with van der Waals surface area (Å²) in [4.78, 5) is 11.1. The largest absolute Gasteiger partial charge is 0.481 e. The Balaban J connectivity index is 0. The average Bonchev–Trinajstić information content (AvgIpc) is 3.02. The van der Waals surface area contributed by atoms with E-state index in [1.54, 1.807) is 18.2 Å². The SMILES string of the molecule is CC.CC.CC.CCCS(=O)(=O)c1ccc2c(c1)CCC2CC(=O)O. The minimum atomic E-state index is -3.19. The molecular formula is C20H36O4S. The Bertz CT molecular complexity index is 592. The first-order valence-electron chi connectivity index (χ1n) is 9.51. The highest BCUT2D eigenvalue weighted by atomic mass is 32.2. The molecule has 1 aromatic rings. The van der Waals surface area contributed by atoms with E-state index in [1.807, 2.05) is 48.5 Å². The Kier molecular flexibility index (Phi) is 14.4. The molecule has 1 unspecified atom stereocenters. The van der Waals surface area contributed by atoms with Gasteiger partial charge >= 0.3 is 5.97 Å². The van der Waals surface area contributed by atoms with E-state index in [1.165, 1.54) is 0 Å². The summed E-state index contributed by atoms with van der Waals surface area (Å²) < 4.78 is 24.0. The number of aliphatic carboxylic acids is 1. The smallest absolute Gasteiger partial charge is 0.303 e. The number of carbonyl (C=O) groups is 1. The van der Waals surface area contributed by atoms with Crippen molar-refractivity contribution >= 4 is 15.8 Å². The van der Waals surface area contributed by atoms with Crippen molar-refractivity contribution in [3.63, 3.8) is 0 Å². The molecule has 0 aromatic heterocycles. The van der Waals surface area contributed by atoms with Gasteiger partial charge in [0.1, 0.15) is 0 Å².